The van der Waals surface area contributed by atoms with E-state index >= 15 is 0 Å². The molecule has 320 valence electrons. The minimum atomic E-state index is -1.44. The van der Waals surface area contributed by atoms with Gasteiger partial charge in [0.25, 0.3) is 0 Å². The minimum Gasteiger partial charge on any atom is -0.394 e. The lowest BCUT2D eigenvalue weighted by molar-refractivity contribution is -0.135. The van der Waals surface area contributed by atoms with Crippen LogP contribution in [0.15, 0.2) is 30.5 Å². The smallest absolute Gasteiger partial charge is 0.245 e. The van der Waals surface area contributed by atoms with Crippen molar-refractivity contribution >= 4 is 46.3 Å². The molecule has 19 heteroatoms. The van der Waals surface area contributed by atoms with Gasteiger partial charge in [-0.3, -0.25) is 28.8 Å². The maximum absolute atomic E-state index is 13.8. The van der Waals surface area contributed by atoms with E-state index in [0.29, 0.717) is 77.5 Å². The quantitative estimate of drug-likeness (QED) is 0.0363. The summed E-state index contributed by atoms with van der Waals surface area (Å²) in [6.45, 7) is 0.650. The molecule has 0 aliphatic carbocycles. The first kappa shape index (κ1) is 48.5. The van der Waals surface area contributed by atoms with E-state index in [1.807, 2.05) is 24.3 Å². The molecule has 57 heavy (non-hydrogen) atoms. The molecule has 0 spiro atoms. The van der Waals surface area contributed by atoms with Crippen molar-refractivity contribution in [1.82, 2.24) is 31.6 Å². The number of amides is 6. The van der Waals surface area contributed by atoms with Crippen LogP contribution in [0, 0.1) is 0 Å². The van der Waals surface area contributed by atoms with Crippen molar-refractivity contribution in [2.24, 2.45) is 34.4 Å². The SMILES string of the molecule is NCCCC[C@H](NC(=O)[C@H](CCCCN)NC(=O)[C@H](CCCCN)NC(=O)[C@H](CCCCN)NC(=O)[C@H](CO)NC(=O)[C@@H](N)Cc1c[nH]c2ccccc12)C(N)=O. The molecule has 6 amide bonds. The van der Waals surface area contributed by atoms with Crippen LogP contribution in [0.1, 0.15) is 82.6 Å². The number of hydrogen-bond donors (Lipinski definition) is 13. The van der Waals surface area contributed by atoms with Gasteiger partial charge in [0.2, 0.25) is 35.4 Å². The van der Waals surface area contributed by atoms with E-state index in [1.165, 1.54) is 0 Å². The number of primary amides is 1. The van der Waals surface area contributed by atoms with Crippen molar-refractivity contribution in [2.45, 2.75) is 120 Å². The second kappa shape index (κ2) is 27.1. The van der Waals surface area contributed by atoms with E-state index in [0.717, 1.165) is 16.5 Å². The van der Waals surface area contributed by atoms with E-state index in [4.69, 9.17) is 34.4 Å². The van der Waals surface area contributed by atoms with Crippen LogP contribution in [-0.2, 0) is 35.2 Å². The van der Waals surface area contributed by atoms with Gasteiger partial charge in [-0.2, -0.15) is 0 Å². The number of aromatic amines is 1. The molecular weight excluding hydrogens is 736 g/mol. The number of nitrogens with one attached hydrogen (secondary N) is 6. The first-order valence-corrected chi connectivity index (χ1v) is 19.9. The third-order valence-corrected chi connectivity index (χ3v) is 9.61. The standard InChI is InChI=1S/C38H66N12O7/c39-17-7-3-13-28(33(44)52)46-35(54)29(14-4-8-18-40)47-36(55)30(15-5-9-19-41)48-37(56)31(16-6-10-20-42)49-38(57)32(23-51)50-34(53)26(43)21-24-22-45-27-12-2-1-11-25(24)27/h1-2,11-12,22,26,28-32,45,51H,3-10,13-21,23,39-43H2,(H2,44,52)(H,46,54)(H,47,55)(H,48,56)(H,49,57)(H,50,53)/t26-,28-,29-,30-,31-,32-/m0/s1. The van der Waals surface area contributed by atoms with Gasteiger partial charge in [0.15, 0.2) is 0 Å². The monoisotopic (exact) mass is 803 g/mol. The molecule has 6 atom stereocenters. The molecule has 1 heterocycles. The summed E-state index contributed by atoms with van der Waals surface area (Å²) >= 11 is 0. The molecule has 0 radical (unpaired) electrons. The summed E-state index contributed by atoms with van der Waals surface area (Å²) in [5, 5.41) is 24.2. The zero-order valence-corrected chi connectivity index (χ0v) is 32.9. The second-order valence-electron chi connectivity index (χ2n) is 14.2. The Morgan fingerprint density at radius 1 is 0.561 bits per heavy atom. The summed E-state index contributed by atoms with van der Waals surface area (Å²) in [6.07, 6.45) is 6.85. The minimum absolute atomic E-state index is 0.126. The van der Waals surface area contributed by atoms with E-state index in [-0.39, 0.29) is 32.1 Å². The van der Waals surface area contributed by atoms with E-state index in [2.05, 4.69) is 31.6 Å². The highest BCUT2D eigenvalue weighted by Gasteiger charge is 2.32. The van der Waals surface area contributed by atoms with Crippen LogP contribution in [-0.4, -0.2) is 115 Å². The number of fused-ring (bicyclic) bond motifs is 1. The third-order valence-electron chi connectivity index (χ3n) is 9.61. The number of unbranched alkanes of at least 4 members (excludes halogenated alkanes) is 4. The highest BCUT2D eigenvalue weighted by Crippen LogP contribution is 2.19. The van der Waals surface area contributed by atoms with Gasteiger partial charge < -0.3 is 71.1 Å². The van der Waals surface area contributed by atoms with Gasteiger partial charge >= 0.3 is 0 Å². The van der Waals surface area contributed by atoms with Gasteiger partial charge in [-0.1, -0.05) is 18.2 Å². The van der Waals surface area contributed by atoms with Crippen molar-refractivity contribution < 1.29 is 33.9 Å². The molecular formula is C38H66N12O7. The number of carbonyl (C=O) groups is 6. The maximum Gasteiger partial charge on any atom is 0.245 e. The molecule has 0 bridgehead atoms. The zero-order valence-electron chi connectivity index (χ0n) is 32.9. The molecule has 0 unspecified atom stereocenters. The van der Waals surface area contributed by atoms with Crippen LogP contribution in [0.2, 0.25) is 0 Å². The summed E-state index contributed by atoms with van der Waals surface area (Å²) in [5.41, 5.74) is 36.1. The highest BCUT2D eigenvalue weighted by molar-refractivity contribution is 5.96. The number of nitrogens with two attached hydrogens (primary N) is 6. The van der Waals surface area contributed by atoms with Gasteiger partial charge in [0.05, 0.1) is 12.6 Å². The number of H-pyrrole nitrogens is 1. The zero-order chi connectivity index (χ0) is 42.2. The van der Waals surface area contributed by atoms with E-state index in [9.17, 15) is 33.9 Å². The fourth-order valence-corrected chi connectivity index (χ4v) is 6.26. The number of aliphatic hydroxyl groups excluding tert-OH is 1. The van der Waals surface area contributed by atoms with Crippen LogP contribution >= 0.6 is 0 Å². The van der Waals surface area contributed by atoms with Crippen LogP contribution in [0.5, 0.6) is 0 Å². The lowest BCUT2D eigenvalue weighted by atomic mass is 10.0. The summed E-state index contributed by atoms with van der Waals surface area (Å²) in [6, 6.07) is 0.648. The normalized spacial score (nSPS) is 14.4. The molecule has 0 saturated carbocycles. The van der Waals surface area contributed by atoms with Crippen LogP contribution in [0.25, 0.3) is 10.9 Å². The van der Waals surface area contributed by atoms with Gasteiger partial charge in [-0.25, -0.2) is 0 Å². The fraction of sp³-hybridized carbons (Fsp3) is 0.632. The lowest BCUT2D eigenvalue weighted by Crippen LogP contribution is -2.60. The Labute approximate surface area is 334 Å². The largest absolute Gasteiger partial charge is 0.394 e. The molecule has 19 N–H and O–H groups in total. The number of aromatic nitrogens is 1. The molecule has 1 aromatic carbocycles. The highest BCUT2D eigenvalue weighted by atomic mass is 16.3. The number of hydrogen-bond acceptors (Lipinski definition) is 12. The average Bonchev–Trinajstić information content (AvgIpc) is 3.60. The second-order valence-corrected chi connectivity index (χ2v) is 14.2. The molecule has 0 aliphatic rings. The van der Waals surface area contributed by atoms with Crippen molar-refractivity contribution in [2.75, 3.05) is 32.8 Å². The molecule has 0 fully saturated rings. The van der Waals surface area contributed by atoms with Crippen molar-refractivity contribution in [1.29, 1.82) is 0 Å². The summed E-state index contributed by atoms with van der Waals surface area (Å²) in [7, 11) is 0. The maximum atomic E-state index is 13.8. The molecule has 0 saturated heterocycles. The number of benzene rings is 1. The average molecular weight is 803 g/mol. The first-order chi connectivity index (χ1) is 27.4. The molecule has 19 nitrogen and oxygen atoms in total. The predicted molar refractivity (Wildman–Crippen MR) is 218 cm³/mol. The number of carbonyl (C=O) groups excluding carboxylic acids is 6. The van der Waals surface area contributed by atoms with Gasteiger partial charge in [0.1, 0.15) is 30.2 Å². The number of rotatable bonds is 30. The summed E-state index contributed by atoms with van der Waals surface area (Å²) in [5.74, 6) is -4.23. The van der Waals surface area contributed by atoms with E-state index in [1.54, 1.807) is 6.20 Å². The lowest BCUT2D eigenvalue weighted by Gasteiger charge is -2.27. The third kappa shape index (κ3) is 17.2. The Balaban J connectivity index is 2.21. The summed E-state index contributed by atoms with van der Waals surface area (Å²) < 4.78 is 0. The number of aliphatic hydroxyl groups is 1. The first-order valence-electron chi connectivity index (χ1n) is 19.9. The van der Waals surface area contributed by atoms with Crippen LogP contribution < -0.4 is 61.0 Å². The van der Waals surface area contributed by atoms with E-state index < -0.39 is 78.3 Å². The Kier molecular flexibility index (Phi) is 23.0. The van der Waals surface area contributed by atoms with Crippen molar-refractivity contribution in [3.63, 3.8) is 0 Å². The Hall–Kier alpha value is -4.66. The molecule has 2 aromatic rings. The van der Waals surface area contributed by atoms with Crippen molar-refractivity contribution in [3.8, 4) is 0 Å². The van der Waals surface area contributed by atoms with Crippen LogP contribution in [0.3, 0.4) is 0 Å². The Bertz CT molecular complexity index is 1560. The van der Waals surface area contributed by atoms with Crippen LogP contribution in [0.4, 0.5) is 0 Å². The predicted octanol–water partition coefficient (Wildman–Crippen LogP) is -2.54. The Morgan fingerprint density at radius 3 is 1.37 bits per heavy atom. The van der Waals surface area contributed by atoms with Gasteiger partial charge in [0, 0.05) is 17.1 Å². The Morgan fingerprint density at radius 2 is 0.947 bits per heavy atom. The number of para-hydroxylation sites is 1. The molecule has 2 rings (SSSR count). The topological polar surface area (TPSA) is 355 Å². The molecule has 0 aliphatic heterocycles. The van der Waals surface area contributed by atoms with Crippen molar-refractivity contribution in [3.05, 3.63) is 36.0 Å². The molecule has 1 aromatic heterocycles. The fourth-order valence-electron chi connectivity index (χ4n) is 6.26. The van der Waals surface area contributed by atoms with Gasteiger partial charge in [-0.15, -0.1) is 0 Å². The van der Waals surface area contributed by atoms with Gasteiger partial charge in [-0.05, 0) is 121 Å². The summed E-state index contributed by atoms with van der Waals surface area (Å²) in [4.78, 5) is 82.9.